The maximum absolute atomic E-state index is 4.78. The van der Waals surface area contributed by atoms with Crippen LogP contribution in [0.1, 0.15) is 29.4 Å². The quantitative estimate of drug-likeness (QED) is 0.334. The lowest BCUT2D eigenvalue weighted by molar-refractivity contribution is 0.290. The molecule has 1 atom stereocenters. The van der Waals surface area contributed by atoms with E-state index in [1.807, 2.05) is 18.7 Å². The number of nitrogens with zero attached hydrogens (tertiary/aromatic N) is 4. The van der Waals surface area contributed by atoms with Gasteiger partial charge in [-0.05, 0) is 46.9 Å². The van der Waals surface area contributed by atoms with E-state index in [9.17, 15) is 0 Å². The van der Waals surface area contributed by atoms with Crippen LogP contribution < -0.4 is 10.6 Å². The van der Waals surface area contributed by atoms with E-state index in [2.05, 4.69) is 78.9 Å². The predicted octanol–water partition coefficient (Wildman–Crippen LogP) is 2.88. The summed E-state index contributed by atoms with van der Waals surface area (Å²) in [6.07, 6.45) is 1.00. The first-order valence-corrected chi connectivity index (χ1v) is 9.64. The lowest BCUT2D eigenvalue weighted by atomic mass is 10.1. The maximum atomic E-state index is 4.78. The van der Waals surface area contributed by atoms with E-state index in [0.29, 0.717) is 12.6 Å². The van der Waals surface area contributed by atoms with Crippen molar-refractivity contribution in [1.82, 2.24) is 25.3 Å². The molecule has 2 N–H and O–H groups in total. The minimum absolute atomic E-state index is 0. The molecule has 0 amide bonds. The van der Waals surface area contributed by atoms with Crippen LogP contribution in [0, 0.1) is 13.8 Å². The van der Waals surface area contributed by atoms with E-state index >= 15 is 0 Å². The van der Waals surface area contributed by atoms with Crippen molar-refractivity contribution in [2.45, 2.75) is 39.8 Å². The molecule has 1 aromatic heterocycles. The van der Waals surface area contributed by atoms with Gasteiger partial charge in [0.15, 0.2) is 5.96 Å². The maximum Gasteiger partial charge on any atom is 0.191 e. The molecule has 0 fully saturated rings. The van der Waals surface area contributed by atoms with Crippen molar-refractivity contribution >= 4 is 29.9 Å². The smallest absolute Gasteiger partial charge is 0.191 e. The SMILES string of the molecule is CCNC(=NCc1c(C)nn(C)c1C)NCC(Cc1ccccc1)N(C)C.I. The number of aliphatic imine (C=N–C) groups is 1. The van der Waals surface area contributed by atoms with Crippen LogP contribution in [0.3, 0.4) is 0 Å². The topological polar surface area (TPSA) is 57.5 Å². The largest absolute Gasteiger partial charge is 0.357 e. The zero-order valence-corrected chi connectivity index (χ0v) is 20.3. The van der Waals surface area contributed by atoms with Crippen molar-refractivity contribution in [2.24, 2.45) is 12.0 Å². The van der Waals surface area contributed by atoms with E-state index in [1.165, 1.54) is 16.8 Å². The van der Waals surface area contributed by atoms with Crippen molar-refractivity contribution in [1.29, 1.82) is 0 Å². The Kier molecular flexibility index (Phi) is 10.5. The highest BCUT2D eigenvalue weighted by atomic mass is 127. The van der Waals surface area contributed by atoms with Gasteiger partial charge < -0.3 is 15.5 Å². The number of likely N-dealkylation sites (N-methyl/N-ethyl adjacent to an activating group) is 1. The van der Waals surface area contributed by atoms with Crippen LogP contribution in [0.15, 0.2) is 35.3 Å². The van der Waals surface area contributed by atoms with Crippen LogP contribution in [0.5, 0.6) is 0 Å². The van der Waals surface area contributed by atoms with Crippen LogP contribution in [0.25, 0.3) is 0 Å². The van der Waals surface area contributed by atoms with Gasteiger partial charge in [0.25, 0.3) is 0 Å². The first-order chi connectivity index (χ1) is 12.9. The summed E-state index contributed by atoms with van der Waals surface area (Å²) in [6.45, 7) is 8.52. The minimum Gasteiger partial charge on any atom is -0.357 e. The molecule has 0 aliphatic heterocycles. The lowest BCUT2D eigenvalue weighted by Crippen LogP contribution is -2.46. The van der Waals surface area contributed by atoms with Gasteiger partial charge in [0.05, 0.1) is 12.2 Å². The highest BCUT2D eigenvalue weighted by Crippen LogP contribution is 2.13. The van der Waals surface area contributed by atoms with Gasteiger partial charge in [-0.15, -0.1) is 24.0 Å². The van der Waals surface area contributed by atoms with Gasteiger partial charge >= 0.3 is 0 Å². The molecule has 28 heavy (non-hydrogen) atoms. The fourth-order valence-corrected chi connectivity index (χ4v) is 3.08. The Labute approximate surface area is 186 Å². The van der Waals surface area contributed by atoms with Gasteiger partial charge in [-0.2, -0.15) is 5.10 Å². The molecule has 6 nitrogen and oxygen atoms in total. The van der Waals surface area contributed by atoms with E-state index in [0.717, 1.165) is 31.2 Å². The number of halogens is 1. The second-order valence-corrected chi connectivity index (χ2v) is 7.16. The number of aromatic nitrogens is 2. The summed E-state index contributed by atoms with van der Waals surface area (Å²) < 4.78 is 1.92. The minimum atomic E-state index is 0. The van der Waals surface area contributed by atoms with E-state index in [4.69, 9.17) is 4.99 Å². The van der Waals surface area contributed by atoms with Gasteiger partial charge in [-0.25, -0.2) is 4.99 Å². The van der Waals surface area contributed by atoms with Crippen molar-refractivity contribution in [3.63, 3.8) is 0 Å². The Morgan fingerprint density at radius 3 is 2.39 bits per heavy atom. The normalized spacial score (nSPS) is 12.6. The van der Waals surface area contributed by atoms with Crippen LogP contribution in [-0.2, 0) is 20.0 Å². The number of benzene rings is 1. The summed E-state index contributed by atoms with van der Waals surface area (Å²) in [5, 5.41) is 11.3. The van der Waals surface area contributed by atoms with E-state index < -0.39 is 0 Å². The third-order valence-electron chi connectivity index (χ3n) is 4.95. The highest BCUT2D eigenvalue weighted by Gasteiger charge is 2.14. The van der Waals surface area contributed by atoms with Gasteiger partial charge in [0, 0.05) is 37.4 Å². The standard InChI is InChI=1S/C21H34N6.HI/c1-7-22-21(24-15-20-16(2)25-27(6)17(20)3)23-14-19(26(4)5)13-18-11-9-8-10-12-18;/h8-12,19H,7,13-15H2,1-6H3,(H2,22,23,24);1H. The predicted molar refractivity (Wildman–Crippen MR) is 129 cm³/mol. The molecule has 0 saturated carbocycles. The number of nitrogens with one attached hydrogen (secondary N) is 2. The Balaban J connectivity index is 0.00000392. The monoisotopic (exact) mass is 498 g/mol. The van der Waals surface area contributed by atoms with Gasteiger partial charge in [0.1, 0.15) is 0 Å². The Morgan fingerprint density at radius 2 is 1.86 bits per heavy atom. The number of guanidine groups is 1. The molecule has 0 saturated heterocycles. The summed E-state index contributed by atoms with van der Waals surface area (Å²) in [5.74, 6) is 0.847. The summed E-state index contributed by atoms with van der Waals surface area (Å²) >= 11 is 0. The molecule has 1 unspecified atom stereocenters. The molecule has 1 aromatic carbocycles. The molecule has 1 heterocycles. The Bertz CT molecular complexity index is 739. The molecule has 0 spiro atoms. The number of aryl methyl sites for hydroxylation is 2. The molecule has 2 aromatic rings. The molecule has 0 aliphatic carbocycles. The Hall–Kier alpha value is -1.61. The average Bonchev–Trinajstić information content (AvgIpc) is 2.88. The van der Waals surface area contributed by atoms with Crippen molar-refractivity contribution in [3.8, 4) is 0 Å². The van der Waals surface area contributed by atoms with Crippen LogP contribution in [0.4, 0.5) is 0 Å². The summed E-state index contributed by atoms with van der Waals surface area (Å²) in [5.41, 5.74) is 4.76. The van der Waals surface area contributed by atoms with Gasteiger partial charge in [-0.1, -0.05) is 30.3 Å². The first kappa shape index (κ1) is 24.4. The zero-order valence-electron chi connectivity index (χ0n) is 18.0. The second kappa shape index (κ2) is 12.1. The van der Waals surface area contributed by atoms with E-state index in [1.54, 1.807) is 0 Å². The fraction of sp³-hybridized carbons (Fsp3) is 0.524. The third kappa shape index (κ3) is 7.09. The van der Waals surface area contributed by atoms with Gasteiger partial charge in [-0.3, -0.25) is 4.68 Å². The van der Waals surface area contributed by atoms with Crippen LogP contribution in [0.2, 0.25) is 0 Å². The molecule has 156 valence electrons. The summed E-state index contributed by atoms with van der Waals surface area (Å²) in [7, 11) is 6.23. The highest BCUT2D eigenvalue weighted by molar-refractivity contribution is 14.0. The molecular weight excluding hydrogens is 463 g/mol. The summed E-state index contributed by atoms with van der Waals surface area (Å²) in [6, 6.07) is 11.0. The van der Waals surface area contributed by atoms with Gasteiger partial charge in [0.2, 0.25) is 0 Å². The molecule has 7 heteroatoms. The van der Waals surface area contributed by atoms with E-state index in [-0.39, 0.29) is 24.0 Å². The van der Waals surface area contributed by atoms with Crippen molar-refractivity contribution in [2.75, 3.05) is 27.2 Å². The van der Waals surface area contributed by atoms with Crippen molar-refractivity contribution in [3.05, 3.63) is 52.8 Å². The average molecular weight is 498 g/mol. The van der Waals surface area contributed by atoms with Crippen LogP contribution in [-0.4, -0.2) is 53.9 Å². The second-order valence-electron chi connectivity index (χ2n) is 7.16. The first-order valence-electron chi connectivity index (χ1n) is 9.64. The number of hydrogen-bond acceptors (Lipinski definition) is 3. The summed E-state index contributed by atoms with van der Waals surface area (Å²) in [4.78, 5) is 7.04. The molecular formula is C21H35IN6. The molecule has 0 radical (unpaired) electrons. The molecule has 0 bridgehead atoms. The fourth-order valence-electron chi connectivity index (χ4n) is 3.08. The molecule has 0 aliphatic rings. The van der Waals surface area contributed by atoms with Crippen LogP contribution >= 0.6 is 24.0 Å². The number of rotatable bonds is 8. The zero-order chi connectivity index (χ0) is 19.8. The number of hydrogen-bond donors (Lipinski definition) is 2. The lowest BCUT2D eigenvalue weighted by Gasteiger charge is -2.25. The van der Waals surface area contributed by atoms with Crippen molar-refractivity contribution < 1.29 is 0 Å². The Morgan fingerprint density at radius 1 is 1.18 bits per heavy atom. The third-order valence-corrected chi connectivity index (χ3v) is 4.95. The molecule has 2 rings (SSSR count).